The molecule has 0 bridgehead atoms. The van der Waals surface area contributed by atoms with E-state index >= 15 is 0 Å². The molecule has 0 spiro atoms. The van der Waals surface area contributed by atoms with Crippen molar-refractivity contribution in [3.63, 3.8) is 0 Å². The lowest BCUT2D eigenvalue weighted by Crippen LogP contribution is -2.49. The average Bonchev–Trinajstić information content (AvgIpc) is 2.67. The lowest BCUT2D eigenvalue weighted by Gasteiger charge is -2.35. The standard InChI is InChI=1S/C17H20N6O3/c1-20(2)13-11-16(19-18-12-13)21-7-9-22(10-8-21)17(24)14-5-3-4-6-15(14)23(25)26/h3-6,11-12H,7-10H2,1-2H3. The van der Waals surface area contributed by atoms with Crippen LogP contribution in [0.15, 0.2) is 36.5 Å². The van der Waals surface area contributed by atoms with E-state index in [9.17, 15) is 14.9 Å². The summed E-state index contributed by atoms with van der Waals surface area (Å²) in [6.45, 7) is 2.13. The summed E-state index contributed by atoms with van der Waals surface area (Å²) in [5, 5.41) is 19.3. The third kappa shape index (κ3) is 3.56. The number of hydrogen-bond donors (Lipinski definition) is 0. The predicted molar refractivity (Wildman–Crippen MR) is 97.6 cm³/mol. The van der Waals surface area contributed by atoms with Gasteiger partial charge in [0.1, 0.15) is 5.56 Å². The van der Waals surface area contributed by atoms with Gasteiger partial charge < -0.3 is 14.7 Å². The summed E-state index contributed by atoms with van der Waals surface area (Å²) < 4.78 is 0. The number of amides is 1. The molecule has 9 nitrogen and oxygen atoms in total. The molecule has 0 N–H and O–H groups in total. The SMILES string of the molecule is CN(C)c1cnnc(N2CCN(C(=O)c3ccccc3[N+](=O)[O-])CC2)c1. The number of carbonyl (C=O) groups is 1. The van der Waals surface area contributed by atoms with Crippen LogP contribution in [-0.4, -0.2) is 66.2 Å². The molecule has 1 saturated heterocycles. The van der Waals surface area contributed by atoms with Gasteiger partial charge in [-0.25, -0.2) is 0 Å². The summed E-state index contributed by atoms with van der Waals surface area (Å²) in [5.41, 5.74) is 0.915. The van der Waals surface area contributed by atoms with Crippen molar-refractivity contribution in [3.05, 3.63) is 52.2 Å². The van der Waals surface area contributed by atoms with Gasteiger partial charge in [0.05, 0.1) is 16.8 Å². The number of nitrogens with zero attached hydrogens (tertiary/aromatic N) is 6. The molecule has 1 aliphatic heterocycles. The fourth-order valence-corrected chi connectivity index (χ4v) is 2.87. The summed E-state index contributed by atoms with van der Waals surface area (Å²) >= 11 is 0. The minimum atomic E-state index is -0.522. The lowest BCUT2D eigenvalue weighted by atomic mass is 10.1. The molecule has 0 atom stereocenters. The summed E-state index contributed by atoms with van der Waals surface area (Å²) in [5.74, 6) is 0.444. The molecule has 136 valence electrons. The maximum absolute atomic E-state index is 12.7. The fourth-order valence-electron chi connectivity index (χ4n) is 2.87. The van der Waals surface area contributed by atoms with Gasteiger partial charge in [0, 0.05) is 52.4 Å². The van der Waals surface area contributed by atoms with E-state index in [1.54, 1.807) is 23.2 Å². The van der Waals surface area contributed by atoms with Crippen molar-refractivity contribution in [2.75, 3.05) is 50.1 Å². The molecule has 1 aromatic heterocycles. The second kappa shape index (κ2) is 7.34. The van der Waals surface area contributed by atoms with Crippen LogP contribution < -0.4 is 9.80 Å². The van der Waals surface area contributed by atoms with Crippen molar-refractivity contribution in [2.45, 2.75) is 0 Å². The van der Waals surface area contributed by atoms with Crippen LogP contribution in [0.2, 0.25) is 0 Å². The van der Waals surface area contributed by atoms with E-state index in [1.807, 2.05) is 25.1 Å². The molecular weight excluding hydrogens is 336 g/mol. The minimum Gasteiger partial charge on any atom is -0.376 e. The van der Waals surface area contributed by atoms with E-state index < -0.39 is 4.92 Å². The third-order valence-corrected chi connectivity index (χ3v) is 4.37. The lowest BCUT2D eigenvalue weighted by molar-refractivity contribution is -0.385. The Balaban J connectivity index is 1.70. The summed E-state index contributed by atoms with van der Waals surface area (Å²) in [6.07, 6.45) is 1.69. The molecule has 2 aromatic rings. The number of aromatic nitrogens is 2. The molecule has 1 amide bonds. The first-order chi connectivity index (χ1) is 12.5. The Kier molecular flexibility index (Phi) is 4.97. The first kappa shape index (κ1) is 17.6. The highest BCUT2D eigenvalue weighted by Gasteiger charge is 2.27. The van der Waals surface area contributed by atoms with Crippen molar-refractivity contribution in [3.8, 4) is 0 Å². The van der Waals surface area contributed by atoms with E-state index in [4.69, 9.17) is 0 Å². The van der Waals surface area contributed by atoms with Crippen LogP contribution in [0, 0.1) is 10.1 Å². The zero-order valence-electron chi connectivity index (χ0n) is 14.7. The molecule has 3 rings (SSSR count). The highest BCUT2D eigenvalue weighted by Crippen LogP contribution is 2.22. The van der Waals surface area contributed by atoms with Gasteiger partial charge in [0.2, 0.25) is 0 Å². The molecule has 26 heavy (non-hydrogen) atoms. The van der Waals surface area contributed by atoms with E-state index in [2.05, 4.69) is 15.1 Å². The van der Waals surface area contributed by atoms with E-state index in [0.29, 0.717) is 26.2 Å². The maximum atomic E-state index is 12.7. The molecule has 0 unspecified atom stereocenters. The molecule has 1 aliphatic rings. The van der Waals surface area contributed by atoms with Crippen molar-refractivity contribution in [2.24, 2.45) is 0 Å². The van der Waals surface area contributed by atoms with Gasteiger partial charge in [-0.1, -0.05) is 12.1 Å². The minimum absolute atomic E-state index is 0.125. The molecule has 0 radical (unpaired) electrons. The van der Waals surface area contributed by atoms with Crippen LogP contribution in [0.25, 0.3) is 0 Å². The Bertz CT molecular complexity index is 818. The normalized spacial score (nSPS) is 14.2. The van der Waals surface area contributed by atoms with Gasteiger partial charge in [0.15, 0.2) is 5.82 Å². The summed E-state index contributed by atoms with van der Waals surface area (Å²) in [4.78, 5) is 28.9. The van der Waals surface area contributed by atoms with Crippen LogP contribution >= 0.6 is 0 Å². The van der Waals surface area contributed by atoms with E-state index in [-0.39, 0.29) is 17.2 Å². The number of anilines is 2. The number of benzene rings is 1. The van der Waals surface area contributed by atoms with Gasteiger partial charge in [-0.05, 0) is 6.07 Å². The number of nitro benzene ring substituents is 1. The Morgan fingerprint density at radius 2 is 1.88 bits per heavy atom. The fraction of sp³-hybridized carbons (Fsp3) is 0.353. The monoisotopic (exact) mass is 356 g/mol. The topological polar surface area (TPSA) is 95.7 Å². The number of rotatable bonds is 4. The largest absolute Gasteiger partial charge is 0.376 e. The van der Waals surface area contributed by atoms with Gasteiger partial charge >= 0.3 is 0 Å². The van der Waals surface area contributed by atoms with E-state index in [0.717, 1.165) is 11.5 Å². The van der Waals surface area contributed by atoms with Crippen molar-refractivity contribution in [1.29, 1.82) is 0 Å². The van der Waals surface area contributed by atoms with Gasteiger partial charge in [-0.2, -0.15) is 5.10 Å². The summed E-state index contributed by atoms with van der Waals surface area (Å²) in [7, 11) is 3.87. The maximum Gasteiger partial charge on any atom is 0.282 e. The van der Waals surface area contributed by atoms with Gasteiger partial charge in [-0.3, -0.25) is 14.9 Å². The van der Waals surface area contributed by atoms with Crippen LogP contribution in [-0.2, 0) is 0 Å². The second-order valence-electron chi connectivity index (χ2n) is 6.22. The van der Waals surface area contributed by atoms with Gasteiger partial charge in [-0.15, -0.1) is 5.10 Å². The smallest absolute Gasteiger partial charge is 0.282 e. The molecular formula is C17H20N6O3. The predicted octanol–water partition coefficient (Wildman–Crippen LogP) is 1.41. The van der Waals surface area contributed by atoms with Crippen LogP contribution in [0.3, 0.4) is 0 Å². The highest BCUT2D eigenvalue weighted by atomic mass is 16.6. The zero-order valence-corrected chi connectivity index (χ0v) is 14.7. The summed E-state index contributed by atoms with van der Waals surface area (Å²) in [6, 6.07) is 8.00. The molecule has 1 aromatic carbocycles. The number of para-hydroxylation sites is 1. The molecule has 9 heteroatoms. The zero-order chi connectivity index (χ0) is 18.7. The number of nitro groups is 1. The van der Waals surface area contributed by atoms with Crippen molar-refractivity contribution < 1.29 is 9.72 Å². The Morgan fingerprint density at radius 3 is 2.54 bits per heavy atom. The number of carbonyl (C=O) groups excluding carboxylic acids is 1. The molecule has 0 saturated carbocycles. The highest BCUT2D eigenvalue weighted by molar-refractivity contribution is 5.98. The Morgan fingerprint density at radius 1 is 1.19 bits per heavy atom. The molecule has 0 aliphatic carbocycles. The number of piperazine rings is 1. The van der Waals surface area contributed by atoms with Crippen LogP contribution in [0.5, 0.6) is 0 Å². The third-order valence-electron chi connectivity index (χ3n) is 4.37. The average molecular weight is 356 g/mol. The van der Waals surface area contributed by atoms with Gasteiger partial charge in [0.25, 0.3) is 11.6 Å². The first-order valence-electron chi connectivity index (χ1n) is 8.25. The van der Waals surface area contributed by atoms with Crippen molar-refractivity contribution in [1.82, 2.24) is 15.1 Å². The van der Waals surface area contributed by atoms with Crippen LogP contribution in [0.4, 0.5) is 17.2 Å². The Hall–Kier alpha value is -3.23. The molecule has 1 fully saturated rings. The van der Waals surface area contributed by atoms with Crippen LogP contribution in [0.1, 0.15) is 10.4 Å². The Labute approximate surface area is 151 Å². The molecule has 2 heterocycles. The van der Waals surface area contributed by atoms with E-state index in [1.165, 1.54) is 12.1 Å². The number of hydrogen-bond acceptors (Lipinski definition) is 7. The first-order valence-corrected chi connectivity index (χ1v) is 8.25. The quantitative estimate of drug-likeness (QED) is 0.604. The second-order valence-corrected chi connectivity index (χ2v) is 6.22. The van der Waals surface area contributed by atoms with Crippen molar-refractivity contribution >= 4 is 23.1 Å².